The molecule has 1 aliphatic carbocycles. The van der Waals surface area contributed by atoms with Gasteiger partial charge in [-0.1, -0.05) is 31.0 Å². The van der Waals surface area contributed by atoms with E-state index in [1.807, 2.05) is 41.3 Å². The molecule has 0 unspecified atom stereocenters. The van der Waals surface area contributed by atoms with E-state index in [1.54, 1.807) is 19.5 Å². The number of benzene rings is 1. The molecular weight excluding hydrogens is 370 g/mol. The molecule has 1 aromatic heterocycles. The topological polar surface area (TPSA) is 83.9 Å². The zero-order valence-corrected chi connectivity index (χ0v) is 16.4. The number of nitrogens with zero attached hydrogens (tertiary/aromatic N) is 2. The molecule has 1 aliphatic heterocycles. The average Bonchev–Trinajstić information content (AvgIpc) is 2.76. The fourth-order valence-electron chi connectivity index (χ4n) is 3.71. The van der Waals surface area contributed by atoms with Gasteiger partial charge in [0.1, 0.15) is 0 Å². The third kappa shape index (κ3) is 4.35. The highest BCUT2D eigenvalue weighted by molar-refractivity contribution is 5.93. The number of nitrogens with one attached hydrogen (secondary N) is 1. The molecule has 2 aromatic rings. The predicted molar refractivity (Wildman–Crippen MR) is 109 cm³/mol. The van der Waals surface area contributed by atoms with E-state index in [9.17, 15) is 9.90 Å². The molecule has 29 heavy (non-hydrogen) atoms. The molecule has 1 fully saturated rings. The molecule has 7 heteroatoms. The third-order valence-electron chi connectivity index (χ3n) is 5.30. The van der Waals surface area contributed by atoms with E-state index in [1.165, 1.54) is 0 Å². The van der Waals surface area contributed by atoms with Crippen LogP contribution in [0, 0.1) is 0 Å². The Balaban J connectivity index is 1.55. The number of aliphatic hydroxyl groups excluding tert-OH is 1. The number of ether oxygens (including phenoxy) is 2. The molecule has 152 valence electrons. The normalized spacial score (nSPS) is 20.9. The third-order valence-corrected chi connectivity index (χ3v) is 5.30. The average molecular weight is 395 g/mol. The van der Waals surface area contributed by atoms with Gasteiger partial charge in [-0.2, -0.15) is 0 Å². The van der Waals surface area contributed by atoms with Gasteiger partial charge in [0.15, 0.2) is 5.75 Å². The summed E-state index contributed by atoms with van der Waals surface area (Å²) in [4.78, 5) is 19.0. The van der Waals surface area contributed by atoms with Crippen molar-refractivity contribution < 1.29 is 19.4 Å². The van der Waals surface area contributed by atoms with Gasteiger partial charge in [-0.05, 0) is 30.5 Å². The van der Waals surface area contributed by atoms with E-state index in [4.69, 9.17) is 9.47 Å². The Bertz CT molecular complexity index is 897. The number of aliphatic hydroxyl groups is 1. The predicted octanol–water partition coefficient (Wildman–Crippen LogP) is 2.75. The van der Waals surface area contributed by atoms with E-state index in [-0.39, 0.29) is 17.7 Å². The molecule has 2 atom stereocenters. The lowest BCUT2D eigenvalue weighted by Gasteiger charge is -2.31. The molecule has 0 spiro atoms. The van der Waals surface area contributed by atoms with E-state index in [0.717, 1.165) is 30.5 Å². The van der Waals surface area contributed by atoms with Gasteiger partial charge in [0.05, 0.1) is 31.1 Å². The van der Waals surface area contributed by atoms with Crippen molar-refractivity contribution in [1.82, 2.24) is 10.3 Å². The van der Waals surface area contributed by atoms with Crippen LogP contribution in [0.3, 0.4) is 0 Å². The van der Waals surface area contributed by atoms with Crippen LogP contribution in [0.1, 0.15) is 31.2 Å². The Morgan fingerprint density at radius 2 is 2.10 bits per heavy atom. The first-order chi connectivity index (χ1) is 14.1. The number of carbonyl (C=O) groups is 1. The number of fused-ring (bicyclic) bond motifs is 1. The Kier molecular flexibility index (Phi) is 5.67. The smallest absolute Gasteiger partial charge is 0.288 e. The van der Waals surface area contributed by atoms with Crippen molar-refractivity contribution in [2.24, 2.45) is 0 Å². The number of para-hydroxylation sites is 2. The number of hydrogen-bond donors (Lipinski definition) is 2. The lowest BCUT2D eigenvalue weighted by molar-refractivity contribution is -0.121. The molecule has 2 heterocycles. The number of methoxy groups -OCH3 is 1. The minimum atomic E-state index is -0.509. The van der Waals surface area contributed by atoms with Crippen molar-refractivity contribution >= 4 is 11.6 Å². The lowest BCUT2D eigenvalue weighted by atomic mass is 9.92. The quantitative estimate of drug-likeness (QED) is 0.810. The van der Waals surface area contributed by atoms with Crippen LogP contribution in [0.4, 0.5) is 5.69 Å². The van der Waals surface area contributed by atoms with Gasteiger partial charge >= 0.3 is 0 Å². The zero-order valence-electron chi connectivity index (χ0n) is 16.4. The molecule has 0 saturated heterocycles. The van der Waals surface area contributed by atoms with Crippen LogP contribution >= 0.6 is 0 Å². The summed E-state index contributed by atoms with van der Waals surface area (Å²) in [6.07, 6.45) is 6.43. The second-order valence-corrected chi connectivity index (χ2v) is 7.33. The van der Waals surface area contributed by atoms with Crippen LogP contribution in [0.15, 0.2) is 54.6 Å². The highest BCUT2D eigenvalue weighted by atomic mass is 16.5. The SMILES string of the molecule is COc1ccc(CN2C=C(C(=O)N[C@H]3CCCC[C@@H]3O)Oc3ccccc32)cn1. The number of amides is 1. The van der Waals surface area contributed by atoms with Crippen molar-refractivity contribution in [1.29, 1.82) is 0 Å². The molecule has 1 saturated carbocycles. The number of carbonyl (C=O) groups excluding carboxylic acids is 1. The molecular formula is C22H25N3O4. The van der Waals surface area contributed by atoms with Crippen LogP contribution in [-0.2, 0) is 11.3 Å². The molecule has 7 nitrogen and oxygen atoms in total. The fraction of sp³-hybridized carbons (Fsp3) is 0.364. The number of rotatable bonds is 5. The molecule has 1 amide bonds. The maximum absolute atomic E-state index is 12.8. The molecule has 4 rings (SSSR count). The maximum atomic E-state index is 12.8. The van der Waals surface area contributed by atoms with Crippen LogP contribution < -0.4 is 19.7 Å². The van der Waals surface area contributed by atoms with Crippen molar-refractivity contribution in [2.75, 3.05) is 12.0 Å². The van der Waals surface area contributed by atoms with Crippen molar-refractivity contribution in [2.45, 2.75) is 44.4 Å². The van der Waals surface area contributed by atoms with E-state index in [2.05, 4.69) is 10.3 Å². The number of hydrogen-bond acceptors (Lipinski definition) is 6. The Morgan fingerprint density at radius 1 is 1.28 bits per heavy atom. The second-order valence-electron chi connectivity index (χ2n) is 7.33. The lowest BCUT2D eigenvalue weighted by Crippen LogP contribution is -2.46. The van der Waals surface area contributed by atoms with Crippen molar-refractivity contribution in [3.05, 3.63) is 60.1 Å². The number of aromatic nitrogens is 1. The molecule has 1 aromatic carbocycles. The summed E-state index contributed by atoms with van der Waals surface area (Å²) >= 11 is 0. The van der Waals surface area contributed by atoms with Crippen LogP contribution in [0.25, 0.3) is 0 Å². The molecule has 0 radical (unpaired) electrons. The summed E-state index contributed by atoms with van der Waals surface area (Å²) in [5, 5.41) is 13.1. The maximum Gasteiger partial charge on any atom is 0.288 e. The zero-order chi connectivity index (χ0) is 20.2. The first kappa shape index (κ1) is 19.3. The largest absolute Gasteiger partial charge is 0.481 e. The van der Waals surface area contributed by atoms with Crippen LogP contribution in [0.2, 0.25) is 0 Å². The van der Waals surface area contributed by atoms with E-state index in [0.29, 0.717) is 24.6 Å². The van der Waals surface area contributed by atoms with E-state index < -0.39 is 6.10 Å². The summed E-state index contributed by atoms with van der Waals surface area (Å²) in [6, 6.07) is 11.1. The summed E-state index contributed by atoms with van der Waals surface area (Å²) in [7, 11) is 1.58. The minimum Gasteiger partial charge on any atom is -0.481 e. The first-order valence-electron chi connectivity index (χ1n) is 9.87. The van der Waals surface area contributed by atoms with Gasteiger partial charge in [0, 0.05) is 18.8 Å². The van der Waals surface area contributed by atoms with E-state index >= 15 is 0 Å². The number of pyridine rings is 1. The van der Waals surface area contributed by atoms with Gasteiger partial charge in [0.25, 0.3) is 5.91 Å². The summed E-state index contributed by atoms with van der Waals surface area (Å²) in [5.41, 5.74) is 1.85. The van der Waals surface area contributed by atoms with Crippen LogP contribution in [0.5, 0.6) is 11.6 Å². The summed E-state index contributed by atoms with van der Waals surface area (Å²) in [6.45, 7) is 0.528. The monoisotopic (exact) mass is 395 g/mol. The van der Waals surface area contributed by atoms with Crippen molar-refractivity contribution in [3.8, 4) is 11.6 Å². The summed E-state index contributed by atoms with van der Waals surface area (Å²) in [5.74, 6) is 1.06. The fourth-order valence-corrected chi connectivity index (χ4v) is 3.71. The Hall–Kier alpha value is -3.06. The Labute approximate surface area is 170 Å². The van der Waals surface area contributed by atoms with Gasteiger partial charge < -0.3 is 24.8 Å². The standard InChI is InChI=1S/C22H25N3O4/c1-28-21-11-10-15(12-23-21)13-25-14-20(29-19-9-5-3-7-17(19)25)22(27)24-16-6-2-4-8-18(16)26/h3,5,7,9-12,14,16,18,26H,2,4,6,8,13H2,1H3,(H,24,27)/t16-,18-/m0/s1. The summed E-state index contributed by atoms with van der Waals surface area (Å²) < 4.78 is 11.0. The van der Waals surface area contributed by atoms with Crippen molar-refractivity contribution in [3.63, 3.8) is 0 Å². The highest BCUT2D eigenvalue weighted by Crippen LogP contribution is 2.35. The van der Waals surface area contributed by atoms with Gasteiger partial charge in [-0.15, -0.1) is 0 Å². The minimum absolute atomic E-state index is 0.211. The molecule has 2 aliphatic rings. The first-order valence-corrected chi connectivity index (χ1v) is 9.87. The van der Waals surface area contributed by atoms with Gasteiger partial charge in [-0.25, -0.2) is 4.98 Å². The van der Waals surface area contributed by atoms with Crippen LogP contribution in [-0.4, -0.2) is 35.3 Å². The number of anilines is 1. The molecule has 0 bridgehead atoms. The Morgan fingerprint density at radius 3 is 2.86 bits per heavy atom. The second kappa shape index (κ2) is 8.53. The highest BCUT2D eigenvalue weighted by Gasteiger charge is 2.29. The molecule has 2 N–H and O–H groups in total. The van der Waals surface area contributed by atoms with Gasteiger partial charge in [-0.3, -0.25) is 4.79 Å². The van der Waals surface area contributed by atoms with Gasteiger partial charge in [0.2, 0.25) is 11.6 Å².